The lowest BCUT2D eigenvalue weighted by Crippen LogP contribution is -2.43. The van der Waals surface area contributed by atoms with Crippen molar-refractivity contribution < 1.29 is 24.2 Å². The monoisotopic (exact) mass is 299 g/mol. The molecule has 0 aromatic carbocycles. The molecule has 1 rings (SSSR count). The summed E-state index contributed by atoms with van der Waals surface area (Å²) >= 11 is 0. The van der Waals surface area contributed by atoms with E-state index in [4.69, 9.17) is 4.74 Å². The van der Waals surface area contributed by atoms with E-state index in [9.17, 15) is 19.5 Å². The van der Waals surface area contributed by atoms with E-state index in [2.05, 4.69) is 5.32 Å². The lowest BCUT2D eigenvalue weighted by atomic mass is 10.00. The van der Waals surface area contributed by atoms with Crippen LogP contribution < -0.4 is 5.32 Å². The van der Waals surface area contributed by atoms with E-state index in [1.54, 1.807) is 13.8 Å². The van der Waals surface area contributed by atoms with E-state index >= 15 is 0 Å². The van der Waals surface area contributed by atoms with Gasteiger partial charge in [-0.2, -0.15) is 0 Å². The highest BCUT2D eigenvalue weighted by molar-refractivity contribution is 5.84. The molecule has 0 spiro atoms. The molecule has 0 aromatic rings. The molecule has 120 valence electrons. The molecular weight excluding hydrogens is 274 g/mol. The topological polar surface area (TPSA) is 92.7 Å². The molecule has 1 saturated carbocycles. The lowest BCUT2D eigenvalue weighted by molar-refractivity contribution is -0.149. The van der Waals surface area contributed by atoms with Crippen molar-refractivity contribution in [2.45, 2.75) is 58.4 Å². The Kier molecular flexibility index (Phi) is 7.19. The van der Waals surface area contributed by atoms with Gasteiger partial charge < -0.3 is 15.2 Å². The summed E-state index contributed by atoms with van der Waals surface area (Å²) in [5.74, 6) is -2.00. The van der Waals surface area contributed by atoms with Crippen molar-refractivity contribution in [2.75, 3.05) is 6.61 Å². The van der Waals surface area contributed by atoms with Crippen molar-refractivity contribution in [1.29, 1.82) is 0 Å². The van der Waals surface area contributed by atoms with Crippen LogP contribution in [0.25, 0.3) is 0 Å². The first kappa shape index (κ1) is 17.5. The number of nitrogens with one attached hydrogen (secondary N) is 1. The number of carbonyl (C=O) groups excluding carboxylic acids is 2. The predicted octanol–water partition coefficient (Wildman–Crippen LogP) is 1.73. The minimum absolute atomic E-state index is 0.0462. The van der Waals surface area contributed by atoms with Crippen LogP contribution in [0.1, 0.15) is 52.4 Å². The highest BCUT2D eigenvalue weighted by Crippen LogP contribution is 2.27. The largest absolute Gasteiger partial charge is 0.480 e. The molecule has 6 heteroatoms. The smallest absolute Gasteiger partial charge is 0.326 e. The Bertz CT molecular complexity index is 376. The molecule has 0 heterocycles. The number of hydrogen-bond acceptors (Lipinski definition) is 4. The van der Waals surface area contributed by atoms with Gasteiger partial charge in [0.05, 0.1) is 12.5 Å². The zero-order valence-electron chi connectivity index (χ0n) is 12.8. The minimum Gasteiger partial charge on any atom is -0.480 e. The Morgan fingerprint density at radius 1 is 1.29 bits per heavy atom. The van der Waals surface area contributed by atoms with Gasteiger partial charge >= 0.3 is 11.9 Å². The number of ether oxygens (including phenoxy) is 1. The number of esters is 1. The average Bonchev–Trinajstić information content (AvgIpc) is 2.90. The molecule has 1 aliphatic rings. The van der Waals surface area contributed by atoms with Crippen LogP contribution in [0, 0.1) is 11.8 Å². The third-order valence-corrected chi connectivity index (χ3v) is 3.86. The van der Waals surface area contributed by atoms with Crippen molar-refractivity contribution in [3.8, 4) is 0 Å². The molecule has 0 aromatic heterocycles. The maximum atomic E-state index is 11.9. The van der Waals surface area contributed by atoms with Gasteiger partial charge in [-0.3, -0.25) is 9.59 Å². The molecule has 2 atom stereocenters. The van der Waals surface area contributed by atoms with E-state index in [1.165, 1.54) is 0 Å². The molecule has 1 fully saturated rings. The van der Waals surface area contributed by atoms with Gasteiger partial charge in [0.15, 0.2) is 0 Å². The summed E-state index contributed by atoms with van der Waals surface area (Å²) < 4.78 is 4.85. The van der Waals surface area contributed by atoms with Gasteiger partial charge in [-0.05, 0) is 32.1 Å². The third-order valence-electron chi connectivity index (χ3n) is 3.86. The molecule has 1 amide bonds. The Morgan fingerprint density at radius 2 is 1.90 bits per heavy atom. The second-order valence-electron chi connectivity index (χ2n) is 5.70. The van der Waals surface area contributed by atoms with Crippen LogP contribution in [0.15, 0.2) is 0 Å². The Morgan fingerprint density at radius 3 is 2.43 bits per heavy atom. The molecule has 0 saturated heterocycles. The predicted molar refractivity (Wildman–Crippen MR) is 76.6 cm³/mol. The maximum Gasteiger partial charge on any atom is 0.326 e. The highest BCUT2D eigenvalue weighted by atomic mass is 16.5. The Balaban J connectivity index is 2.46. The van der Waals surface area contributed by atoms with Crippen LogP contribution in [0.2, 0.25) is 0 Å². The van der Waals surface area contributed by atoms with Crippen LogP contribution in [0.5, 0.6) is 0 Å². The lowest BCUT2D eigenvalue weighted by Gasteiger charge is -2.19. The van der Waals surface area contributed by atoms with Gasteiger partial charge in [-0.1, -0.05) is 19.8 Å². The number of amides is 1. The van der Waals surface area contributed by atoms with Gasteiger partial charge in [0.2, 0.25) is 5.91 Å². The van der Waals surface area contributed by atoms with E-state index in [-0.39, 0.29) is 18.9 Å². The van der Waals surface area contributed by atoms with Gasteiger partial charge in [-0.25, -0.2) is 4.79 Å². The van der Waals surface area contributed by atoms with E-state index in [0.717, 1.165) is 25.7 Å². The van der Waals surface area contributed by atoms with Gasteiger partial charge in [-0.15, -0.1) is 0 Å². The number of carbonyl (C=O) groups is 3. The fraction of sp³-hybridized carbons (Fsp3) is 0.800. The normalized spacial score (nSPS) is 18.0. The fourth-order valence-corrected chi connectivity index (χ4v) is 2.69. The fourth-order valence-electron chi connectivity index (χ4n) is 2.69. The zero-order chi connectivity index (χ0) is 15.8. The summed E-state index contributed by atoms with van der Waals surface area (Å²) in [5, 5.41) is 11.7. The molecule has 6 nitrogen and oxygen atoms in total. The molecular formula is C15H25NO5. The van der Waals surface area contributed by atoms with Crippen LogP contribution in [-0.4, -0.2) is 35.6 Å². The molecule has 21 heavy (non-hydrogen) atoms. The summed E-state index contributed by atoms with van der Waals surface area (Å²) in [4.78, 5) is 34.7. The van der Waals surface area contributed by atoms with E-state index < -0.39 is 23.9 Å². The maximum absolute atomic E-state index is 11.9. The summed E-state index contributed by atoms with van der Waals surface area (Å²) in [7, 11) is 0. The molecule has 0 aliphatic heterocycles. The Hall–Kier alpha value is -1.59. The molecule has 0 bridgehead atoms. The number of carboxylic acid groups (broad SMARTS) is 1. The third kappa shape index (κ3) is 6.14. The quantitative estimate of drug-likeness (QED) is 0.666. The van der Waals surface area contributed by atoms with Crippen LogP contribution in [0.4, 0.5) is 0 Å². The minimum atomic E-state index is -1.12. The SMILES string of the molecule is CCOC(=O)[C@@H](C)C[C@@H](NC(=O)CC1CCCC1)C(=O)O. The van der Waals surface area contributed by atoms with Crippen molar-refractivity contribution >= 4 is 17.8 Å². The number of hydrogen-bond donors (Lipinski definition) is 2. The summed E-state index contributed by atoms with van der Waals surface area (Å²) in [6, 6.07) is -1.04. The van der Waals surface area contributed by atoms with Crippen LogP contribution >= 0.6 is 0 Å². The second-order valence-corrected chi connectivity index (χ2v) is 5.70. The summed E-state index contributed by atoms with van der Waals surface area (Å²) in [6.45, 7) is 3.56. The highest BCUT2D eigenvalue weighted by Gasteiger charge is 2.27. The Labute approximate surface area is 125 Å². The van der Waals surface area contributed by atoms with Gasteiger partial charge in [0.25, 0.3) is 0 Å². The van der Waals surface area contributed by atoms with Crippen molar-refractivity contribution in [2.24, 2.45) is 11.8 Å². The first-order chi connectivity index (χ1) is 9.93. The second kappa shape index (κ2) is 8.64. The van der Waals surface area contributed by atoms with E-state index in [0.29, 0.717) is 12.3 Å². The standard InChI is InChI=1S/C15H25NO5/c1-3-21-15(20)10(2)8-12(14(18)19)16-13(17)9-11-6-4-5-7-11/h10-12H,3-9H2,1-2H3,(H,16,17)(H,18,19)/t10-,12+/m0/s1. The first-order valence-electron chi connectivity index (χ1n) is 7.62. The number of aliphatic carboxylic acids is 1. The van der Waals surface area contributed by atoms with Crippen LogP contribution in [-0.2, 0) is 19.1 Å². The van der Waals surface area contributed by atoms with Crippen molar-refractivity contribution in [1.82, 2.24) is 5.32 Å². The van der Waals surface area contributed by atoms with E-state index in [1.807, 2.05) is 0 Å². The number of carboxylic acids is 1. The molecule has 1 aliphatic carbocycles. The average molecular weight is 299 g/mol. The molecule has 2 N–H and O–H groups in total. The van der Waals surface area contributed by atoms with Crippen molar-refractivity contribution in [3.05, 3.63) is 0 Å². The molecule has 0 radical (unpaired) electrons. The summed E-state index contributed by atoms with van der Waals surface area (Å²) in [5.41, 5.74) is 0. The number of rotatable bonds is 8. The summed E-state index contributed by atoms with van der Waals surface area (Å²) in [6.07, 6.45) is 4.76. The van der Waals surface area contributed by atoms with Crippen LogP contribution in [0.3, 0.4) is 0 Å². The van der Waals surface area contributed by atoms with Gasteiger partial charge in [0.1, 0.15) is 6.04 Å². The first-order valence-corrected chi connectivity index (χ1v) is 7.62. The van der Waals surface area contributed by atoms with Crippen molar-refractivity contribution in [3.63, 3.8) is 0 Å². The zero-order valence-corrected chi connectivity index (χ0v) is 12.8. The van der Waals surface area contributed by atoms with Gasteiger partial charge in [0, 0.05) is 6.42 Å². The molecule has 0 unspecified atom stereocenters.